The Labute approximate surface area is 119 Å². The monoisotopic (exact) mass is 305 g/mol. The zero-order valence-corrected chi connectivity index (χ0v) is 12.1. The first-order chi connectivity index (χ1) is 8.06. The zero-order chi connectivity index (χ0) is 12.4. The molecule has 1 unspecified atom stereocenters. The van der Waals surface area contributed by atoms with Gasteiger partial charge in [-0.2, -0.15) is 0 Å². The van der Waals surface area contributed by atoms with Crippen LogP contribution in [0, 0.1) is 0 Å². The summed E-state index contributed by atoms with van der Waals surface area (Å²) in [6, 6.07) is 9.59. The highest BCUT2D eigenvalue weighted by atomic mass is 35.5. The second kappa shape index (κ2) is 5.49. The lowest BCUT2D eigenvalue weighted by molar-refractivity contribution is 0.908. The predicted octanol–water partition coefficient (Wildman–Crippen LogP) is 5.88. The number of thiophene rings is 1. The average Bonchev–Trinajstić information content (AvgIpc) is 2.70. The van der Waals surface area contributed by atoms with Gasteiger partial charge in [-0.25, -0.2) is 0 Å². The van der Waals surface area contributed by atoms with Crippen molar-refractivity contribution >= 4 is 51.8 Å². The largest absolute Gasteiger partial charge is 0.378 e. The van der Waals surface area contributed by atoms with Crippen molar-refractivity contribution in [1.82, 2.24) is 0 Å². The van der Waals surface area contributed by atoms with Gasteiger partial charge in [0.1, 0.15) is 0 Å². The summed E-state index contributed by atoms with van der Waals surface area (Å²) in [5, 5.41) is 4.46. The van der Waals surface area contributed by atoms with Crippen LogP contribution in [0.3, 0.4) is 0 Å². The molecule has 1 nitrogen and oxygen atoms in total. The van der Waals surface area contributed by atoms with Crippen LogP contribution in [0.5, 0.6) is 0 Å². The maximum Gasteiger partial charge on any atom is 0.0932 e. The highest BCUT2D eigenvalue weighted by Gasteiger charge is 2.08. The number of hydrogen-bond donors (Lipinski definition) is 1. The smallest absolute Gasteiger partial charge is 0.0932 e. The summed E-state index contributed by atoms with van der Waals surface area (Å²) >= 11 is 19.3. The molecule has 0 spiro atoms. The van der Waals surface area contributed by atoms with E-state index >= 15 is 0 Å². The Morgan fingerprint density at radius 3 is 2.41 bits per heavy atom. The van der Waals surface area contributed by atoms with Gasteiger partial charge in [0.05, 0.1) is 20.4 Å². The van der Waals surface area contributed by atoms with Crippen LogP contribution >= 0.6 is 46.1 Å². The topological polar surface area (TPSA) is 12.0 Å². The van der Waals surface area contributed by atoms with Crippen molar-refractivity contribution in [1.29, 1.82) is 0 Å². The Morgan fingerprint density at radius 1 is 1.06 bits per heavy atom. The Kier molecular flexibility index (Phi) is 4.21. The van der Waals surface area contributed by atoms with Crippen LogP contribution in [0.4, 0.5) is 5.69 Å². The van der Waals surface area contributed by atoms with E-state index in [1.54, 1.807) is 17.4 Å². The molecule has 2 rings (SSSR count). The average molecular weight is 307 g/mol. The van der Waals surface area contributed by atoms with Gasteiger partial charge in [-0.3, -0.25) is 0 Å². The van der Waals surface area contributed by atoms with Gasteiger partial charge in [-0.15, -0.1) is 11.3 Å². The third-order valence-electron chi connectivity index (χ3n) is 2.32. The van der Waals surface area contributed by atoms with E-state index in [1.165, 1.54) is 4.88 Å². The van der Waals surface area contributed by atoms with E-state index < -0.39 is 0 Å². The van der Waals surface area contributed by atoms with E-state index in [2.05, 4.69) is 12.2 Å². The summed E-state index contributed by atoms with van der Waals surface area (Å²) in [6.45, 7) is 2.07. The molecule has 0 saturated carbocycles. The van der Waals surface area contributed by atoms with Gasteiger partial charge in [0.15, 0.2) is 0 Å². The molecule has 0 saturated heterocycles. The second-order valence-corrected chi connectivity index (χ2v) is 6.20. The fourth-order valence-electron chi connectivity index (χ4n) is 1.47. The molecule has 0 aliphatic rings. The fourth-order valence-corrected chi connectivity index (χ4v) is 2.83. The van der Waals surface area contributed by atoms with Gasteiger partial charge in [0.25, 0.3) is 0 Å². The maximum absolute atomic E-state index is 5.96. The molecule has 1 atom stereocenters. The molecule has 90 valence electrons. The summed E-state index contributed by atoms with van der Waals surface area (Å²) < 4.78 is 0.794. The molecule has 0 radical (unpaired) electrons. The van der Waals surface area contributed by atoms with E-state index in [1.807, 2.05) is 24.3 Å². The zero-order valence-electron chi connectivity index (χ0n) is 9.01. The predicted molar refractivity (Wildman–Crippen MR) is 77.8 cm³/mol. The van der Waals surface area contributed by atoms with E-state index in [4.69, 9.17) is 34.8 Å². The molecular weight excluding hydrogens is 297 g/mol. The lowest BCUT2D eigenvalue weighted by atomic mass is 10.2. The highest BCUT2D eigenvalue weighted by molar-refractivity contribution is 7.16. The van der Waals surface area contributed by atoms with Gasteiger partial charge in [0, 0.05) is 10.6 Å². The third-order valence-corrected chi connectivity index (χ3v) is 4.48. The van der Waals surface area contributed by atoms with E-state index in [0.717, 1.165) is 10.0 Å². The van der Waals surface area contributed by atoms with Crippen molar-refractivity contribution in [3.05, 3.63) is 49.6 Å². The van der Waals surface area contributed by atoms with Crippen molar-refractivity contribution in [2.75, 3.05) is 5.32 Å². The molecule has 17 heavy (non-hydrogen) atoms. The summed E-state index contributed by atoms with van der Waals surface area (Å²) in [4.78, 5) is 1.18. The molecule has 2 aromatic rings. The van der Waals surface area contributed by atoms with Crippen LogP contribution in [-0.2, 0) is 0 Å². The van der Waals surface area contributed by atoms with E-state index in [0.29, 0.717) is 10.0 Å². The SMILES string of the molecule is CC(Nc1ccc(Cl)c(Cl)c1)c1ccc(Cl)s1. The number of rotatable bonds is 3. The molecule has 0 amide bonds. The Morgan fingerprint density at radius 2 is 1.82 bits per heavy atom. The van der Waals surface area contributed by atoms with Gasteiger partial charge in [-0.05, 0) is 37.3 Å². The highest BCUT2D eigenvalue weighted by Crippen LogP contribution is 2.31. The number of nitrogens with one attached hydrogen (secondary N) is 1. The van der Waals surface area contributed by atoms with E-state index in [9.17, 15) is 0 Å². The number of anilines is 1. The number of halogens is 3. The van der Waals surface area contributed by atoms with Crippen molar-refractivity contribution in [3.8, 4) is 0 Å². The molecule has 0 fully saturated rings. The first-order valence-corrected chi connectivity index (χ1v) is 6.98. The lowest BCUT2D eigenvalue weighted by Crippen LogP contribution is -2.04. The summed E-state index contributed by atoms with van der Waals surface area (Å²) in [6.07, 6.45) is 0. The van der Waals surface area contributed by atoms with Crippen molar-refractivity contribution in [2.45, 2.75) is 13.0 Å². The minimum Gasteiger partial charge on any atom is -0.378 e. The molecule has 0 aliphatic carbocycles. The fraction of sp³-hybridized carbons (Fsp3) is 0.167. The van der Waals surface area contributed by atoms with Crippen molar-refractivity contribution in [2.24, 2.45) is 0 Å². The van der Waals surface area contributed by atoms with Crippen LogP contribution < -0.4 is 5.32 Å². The Hall–Kier alpha value is -0.410. The van der Waals surface area contributed by atoms with Gasteiger partial charge in [0.2, 0.25) is 0 Å². The van der Waals surface area contributed by atoms with Crippen LogP contribution in [0.15, 0.2) is 30.3 Å². The minimum atomic E-state index is 0.185. The summed E-state index contributed by atoms with van der Waals surface area (Å²) in [5.41, 5.74) is 0.941. The lowest BCUT2D eigenvalue weighted by Gasteiger charge is -2.14. The summed E-state index contributed by atoms with van der Waals surface area (Å²) in [7, 11) is 0. The molecule has 1 N–H and O–H groups in total. The molecule has 1 aromatic heterocycles. The first kappa shape index (κ1) is 13.0. The molecule has 5 heteroatoms. The van der Waals surface area contributed by atoms with E-state index in [-0.39, 0.29) is 6.04 Å². The molecule has 0 bridgehead atoms. The minimum absolute atomic E-state index is 0.185. The molecule has 1 heterocycles. The summed E-state index contributed by atoms with van der Waals surface area (Å²) in [5.74, 6) is 0. The Balaban J connectivity index is 2.12. The number of hydrogen-bond acceptors (Lipinski definition) is 2. The van der Waals surface area contributed by atoms with Crippen LogP contribution in [0.1, 0.15) is 17.8 Å². The molecule has 0 aliphatic heterocycles. The number of benzene rings is 1. The first-order valence-electron chi connectivity index (χ1n) is 5.03. The van der Waals surface area contributed by atoms with Crippen LogP contribution in [-0.4, -0.2) is 0 Å². The van der Waals surface area contributed by atoms with Gasteiger partial charge < -0.3 is 5.32 Å². The Bertz CT molecular complexity index is 524. The van der Waals surface area contributed by atoms with Crippen molar-refractivity contribution < 1.29 is 0 Å². The molecular formula is C12H10Cl3NS. The standard InChI is InChI=1S/C12H10Cl3NS/c1-7(11-4-5-12(15)17-11)16-8-2-3-9(13)10(14)6-8/h2-7,16H,1H3. The maximum atomic E-state index is 5.96. The normalized spacial score (nSPS) is 12.5. The second-order valence-electron chi connectivity index (χ2n) is 3.64. The molecule has 1 aromatic carbocycles. The van der Waals surface area contributed by atoms with Gasteiger partial charge in [-0.1, -0.05) is 34.8 Å². The van der Waals surface area contributed by atoms with Crippen molar-refractivity contribution in [3.63, 3.8) is 0 Å². The third kappa shape index (κ3) is 3.29. The quantitative estimate of drug-likeness (QED) is 0.746. The van der Waals surface area contributed by atoms with Crippen LogP contribution in [0.2, 0.25) is 14.4 Å². The van der Waals surface area contributed by atoms with Crippen LogP contribution in [0.25, 0.3) is 0 Å². The van der Waals surface area contributed by atoms with Gasteiger partial charge >= 0.3 is 0 Å².